The van der Waals surface area contributed by atoms with Gasteiger partial charge in [0.25, 0.3) is 0 Å². The highest BCUT2D eigenvalue weighted by atomic mass is 35.5. The Balaban J connectivity index is 1.38. The largest absolute Gasteiger partial charge is 0.480 e. The van der Waals surface area contributed by atoms with E-state index in [2.05, 4.69) is 10.3 Å². The molecule has 0 aliphatic rings. The van der Waals surface area contributed by atoms with Gasteiger partial charge in [-0.05, 0) is 29.3 Å². The quantitative estimate of drug-likeness (QED) is 0.275. The van der Waals surface area contributed by atoms with Crippen LogP contribution in [0.15, 0.2) is 85.1 Å². The Morgan fingerprint density at radius 3 is 2.51 bits per heavy atom. The van der Waals surface area contributed by atoms with Gasteiger partial charge in [0.05, 0.1) is 6.54 Å². The van der Waals surface area contributed by atoms with E-state index in [-0.39, 0.29) is 6.54 Å². The topological polar surface area (TPSA) is 95.8 Å². The summed E-state index contributed by atoms with van der Waals surface area (Å²) in [6.45, 7) is 0.749. The Kier molecular flexibility index (Phi) is 6.61. The predicted molar refractivity (Wildman–Crippen MR) is 136 cm³/mol. The molecule has 0 amide bonds. The molecule has 0 aliphatic heterocycles. The molecule has 0 spiro atoms. The number of aliphatic carboxylic acids is 1. The lowest BCUT2D eigenvalue weighted by molar-refractivity contribution is -0.139. The Morgan fingerprint density at radius 2 is 1.74 bits per heavy atom. The Morgan fingerprint density at radius 1 is 1.00 bits per heavy atom. The van der Waals surface area contributed by atoms with Gasteiger partial charge in [0.2, 0.25) is 0 Å². The number of carboxylic acids is 1. The highest BCUT2D eigenvalue weighted by Gasteiger charge is 2.21. The molecule has 35 heavy (non-hydrogen) atoms. The summed E-state index contributed by atoms with van der Waals surface area (Å²) in [5.41, 5.74) is 5.30. The predicted octanol–water partition coefficient (Wildman–Crippen LogP) is 4.91. The van der Waals surface area contributed by atoms with E-state index >= 15 is 0 Å². The maximum atomic E-state index is 12.1. The standard InChI is InChI=1S/C27H24ClN5O2/c28-21-12-10-18(11-13-21)17-33-31-25(26(32-33)19-6-2-1-3-7-19)16-30-24(27(34)35)14-20-15-29-23-9-5-4-8-22(20)23/h1-13,15,24,29-30H,14,16-17H2,(H,34,35)/t24-/m1/s1. The number of rotatable bonds is 9. The van der Waals surface area contributed by atoms with Crippen molar-refractivity contribution in [2.45, 2.75) is 25.6 Å². The summed E-state index contributed by atoms with van der Waals surface area (Å²) in [6.07, 6.45) is 2.22. The number of aromatic amines is 1. The third-order valence-corrected chi connectivity index (χ3v) is 6.17. The second-order valence-corrected chi connectivity index (χ2v) is 8.79. The van der Waals surface area contributed by atoms with E-state index in [4.69, 9.17) is 21.8 Å². The molecule has 0 aliphatic carbocycles. The number of benzene rings is 3. The van der Waals surface area contributed by atoms with Crippen molar-refractivity contribution in [1.29, 1.82) is 0 Å². The highest BCUT2D eigenvalue weighted by Crippen LogP contribution is 2.22. The van der Waals surface area contributed by atoms with Crippen molar-refractivity contribution in [1.82, 2.24) is 25.3 Å². The van der Waals surface area contributed by atoms with Crippen molar-refractivity contribution >= 4 is 28.5 Å². The lowest BCUT2D eigenvalue weighted by Crippen LogP contribution is -2.38. The fourth-order valence-corrected chi connectivity index (χ4v) is 4.26. The van der Waals surface area contributed by atoms with Gasteiger partial charge in [0, 0.05) is 40.7 Å². The van der Waals surface area contributed by atoms with Gasteiger partial charge in [-0.2, -0.15) is 15.0 Å². The molecule has 0 saturated heterocycles. The Bertz CT molecular complexity index is 1440. The van der Waals surface area contributed by atoms with Crippen LogP contribution in [0.2, 0.25) is 5.02 Å². The number of carbonyl (C=O) groups is 1. The normalized spacial score (nSPS) is 12.1. The Labute approximate surface area is 207 Å². The molecule has 3 N–H and O–H groups in total. The molecule has 3 aromatic carbocycles. The van der Waals surface area contributed by atoms with Crippen LogP contribution in [-0.2, 0) is 24.3 Å². The fraction of sp³-hybridized carbons (Fsp3) is 0.148. The molecule has 5 aromatic rings. The first kappa shape index (κ1) is 22.8. The number of carboxylic acid groups (broad SMARTS) is 1. The fourth-order valence-electron chi connectivity index (χ4n) is 4.13. The number of hydrogen-bond acceptors (Lipinski definition) is 4. The van der Waals surface area contributed by atoms with E-state index < -0.39 is 12.0 Å². The molecule has 0 unspecified atom stereocenters. The smallest absolute Gasteiger partial charge is 0.321 e. The van der Waals surface area contributed by atoms with E-state index in [0.29, 0.717) is 23.7 Å². The summed E-state index contributed by atoms with van der Waals surface area (Å²) in [4.78, 5) is 16.9. The van der Waals surface area contributed by atoms with Gasteiger partial charge in [-0.1, -0.05) is 72.3 Å². The molecule has 8 heteroatoms. The minimum Gasteiger partial charge on any atom is -0.480 e. The molecule has 7 nitrogen and oxygen atoms in total. The van der Waals surface area contributed by atoms with E-state index in [1.54, 1.807) is 4.80 Å². The van der Waals surface area contributed by atoms with Crippen LogP contribution >= 0.6 is 11.6 Å². The summed E-state index contributed by atoms with van der Waals surface area (Å²) >= 11 is 6.01. The van der Waals surface area contributed by atoms with Crippen molar-refractivity contribution in [3.05, 3.63) is 107 Å². The van der Waals surface area contributed by atoms with E-state index in [1.165, 1.54) is 0 Å². The zero-order valence-corrected chi connectivity index (χ0v) is 19.6. The summed E-state index contributed by atoms with van der Waals surface area (Å²) in [7, 11) is 0. The minimum atomic E-state index is -0.912. The van der Waals surface area contributed by atoms with Gasteiger partial charge >= 0.3 is 5.97 Å². The summed E-state index contributed by atoms with van der Waals surface area (Å²) in [5, 5.41) is 24.2. The number of para-hydroxylation sites is 1. The van der Waals surface area contributed by atoms with Gasteiger partial charge < -0.3 is 10.1 Å². The van der Waals surface area contributed by atoms with Crippen LogP contribution in [0.5, 0.6) is 0 Å². The van der Waals surface area contributed by atoms with E-state index in [1.807, 2.05) is 85.1 Å². The monoisotopic (exact) mass is 485 g/mol. The van der Waals surface area contributed by atoms with Crippen molar-refractivity contribution < 1.29 is 9.90 Å². The molecule has 5 rings (SSSR count). The third-order valence-electron chi connectivity index (χ3n) is 5.92. The van der Waals surface area contributed by atoms with Crippen molar-refractivity contribution in [3.63, 3.8) is 0 Å². The van der Waals surface area contributed by atoms with Gasteiger partial charge in [0.1, 0.15) is 17.4 Å². The third kappa shape index (κ3) is 5.26. The zero-order chi connectivity index (χ0) is 24.2. The molecule has 1 atom stereocenters. The molecule has 2 aromatic heterocycles. The van der Waals surface area contributed by atoms with Crippen molar-refractivity contribution in [3.8, 4) is 11.3 Å². The first-order chi connectivity index (χ1) is 17.1. The van der Waals surface area contributed by atoms with Gasteiger partial charge in [0.15, 0.2) is 0 Å². The molecular formula is C27H24ClN5O2. The maximum absolute atomic E-state index is 12.1. The van der Waals surface area contributed by atoms with Crippen LogP contribution in [0, 0.1) is 0 Å². The number of nitrogens with zero attached hydrogens (tertiary/aromatic N) is 3. The average molecular weight is 486 g/mol. The van der Waals surface area contributed by atoms with Crippen molar-refractivity contribution in [2.75, 3.05) is 0 Å². The number of fused-ring (bicyclic) bond motifs is 1. The average Bonchev–Trinajstić information content (AvgIpc) is 3.47. The Hall–Kier alpha value is -3.94. The lowest BCUT2D eigenvalue weighted by Gasteiger charge is -2.13. The molecular weight excluding hydrogens is 462 g/mol. The second kappa shape index (κ2) is 10.1. The highest BCUT2D eigenvalue weighted by molar-refractivity contribution is 6.30. The number of H-pyrrole nitrogens is 1. The van der Waals surface area contributed by atoms with Gasteiger partial charge in [-0.3, -0.25) is 10.1 Å². The zero-order valence-electron chi connectivity index (χ0n) is 18.9. The summed E-state index contributed by atoms with van der Waals surface area (Å²) < 4.78 is 0. The number of hydrogen-bond donors (Lipinski definition) is 3. The van der Waals surface area contributed by atoms with Crippen LogP contribution < -0.4 is 5.32 Å². The van der Waals surface area contributed by atoms with Crippen LogP contribution in [0.1, 0.15) is 16.8 Å². The number of nitrogens with one attached hydrogen (secondary N) is 2. The van der Waals surface area contributed by atoms with Crippen LogP contribution in [0.25, 0.3) is 22.2 Å². The number of aromatic nitrogens is 4. The van der Waals surface area contributed by atoms with Crippen molar-refractivity contribution in [2.24, 2.45) is 0 Å². The van der Waals surface area contributed by atoms with Crippen LogP contribution in [-0.4, -0.2) is 37.1 Å². The van der Waals surface area contributed by atoms with E-state index in [0.717, 1.165) is 33.3 Å². The lowest BCUT2D eigenvalue weighted by atomic mass is 10.0. The maximum Gasteiger partial charge on any atom is 0.321 e. The first-order valence-corrected chi connectivity index (χ1v) is 11.7. The molecule has 0 radical (unpaired) electrons. The molecule has 176 valence electrons. The van der Waals surface area contributed by atoms with Gasteiger partial charge in [-0.15, -0.1) is 0 Å². The summed E-state index contributed by atoms with van der Waals surface area (Å²) in [6, 6.07) is 24.4. The molecule has 0 fully saturated rings. The number of halogens is 1. The summed E-state index contributed by atoms with van der Waals surface area (Å²) in [5.74, 6) is -0.912. The van der Waals surface area contributed by atoms with Crippen LogP contribution in [0.3, 0.4) is 0 Å². The molecule has 0 bridgehead atoms. The van der Waals surface area contributed by atoms with E-state index in [9.17, 15) is 9.90 Å². The van der Waals surface area contributed by atoms with Crippen LogP contribution in [0.4, 0.5) is 0 Å². The first-order valence-electron chi connectivity index (χ1n) is 11.3. The SMILES string of the molecule is O=C(O)[C@@H](Cc1c[nH]c2ccccc12)NCc1nn(Cc2ccc(Cl)cc2)nc1-c1ccccc1. The second-order valence-electron chi connectivity index (χ2n) is 8.35. The minimum absolute atomic E-state index is 0.268. The molecule has 2 heterocycles. The molecule has 0 saturated carbocycles. The van der Waals surface area contributed by atoms with Gasteiger partial charge in [-0.25, -0.2) is 0 Å².